The molecule has 1 aromatic heterocycles. The first-order valence-electron chi connectivity index (χ1n) is 9.46. The molecule has 1 aliphatic rings. The van der Waals surface area contributed by atoms with Crippen LogP contribution in [0.5, 0.6) is 0 Å². The van der Waals surface area contributed by atoms with Crippen molar-refractivity contribution in [3.8, 4) is 5.69 Å². The summed E-state index contributed by atoms with van der Waals surface area (Å²) in [7, 11) is 0. The highest BCUT2D eigenvalue weighted by molar-refractivity contribution is 5.74. The number of urea groups is 1. The van der Waals surface area contributed by atoms with Crippen LogP contribution >= 0.6 is 0 Å². The van der Waals surface area contributed by atoms with Gasteiger partial charge in [0.2, 0.25) is 0 Å². The topological polar surface area (TPSA) is 83.0 Å². The number of nitrogens with zero attached hydrogens (tertiary/aromatic N) is 3. The molecular formula is C19H27N5O2. The number of nitrogens with one attached hydrogen (secondary N) is 2. The molecule has 2 N–H and O–H groups in total. The van der Waals surface area contributed by atoms with Gasteiger partial charge in [0, 0.05) is 25.6 Å². The summed E-state index contributed by atoms with van der Waals surface area (Å²) in [5.41, 5.74) is 0.551. The van der Waals surface area contributed by atoms with E-state index in [1.54, 1.807) is 4.57 Å². The Bertz CT molecular complexity index is 768. The Morgan fingerprint density at radius 2 is 2.12 bits per heavy atom. The number of likely N-dealkylation sites (tertiary alicyclic amines) is 1. The number of carbonyl (C=O) groups excluding carboxylic acids is 1. The minimum Gasteiger partial charge on any atom is -0.338 e. The third-order valence-electron chi connectivity index (χ3n) is 4.84. The molecule has 2 aromatic rings. The summed E-state index contributed by atoms with van der Waals surface area (Å²) in [6.45, 7) is 4.19. The fourth-order valence-corrected chi connectivity index (χ4v) is 3.46. The number of aromatic amines is 1. The van der Waals surface area contributed by atoms with Gasteiger partial charge in [-0.05, 0) is 31.4 Å². The van der Waals surface area contributed by atoms with Crippen LogP contribution in [0.25, 0.3) is 5.69 Å². The largest absolute Gasteiger partial charge is 0.347 e. The average molecular weight is 357 g/mol. The minimum atomic E-state index is -0.243. The lowest BCUT2D eigenvalue weighted by Gasteiger charge is -2.32. The monoisotopic (exact) mass is 357 g/mol. The van der Waals surface area contributed by atoms with Gasteiger partial charge in [0.1, 0.15) is 5.82 Å². The summed E-state index contributed by atoms with van der Waals surface area (Å²) < 4.78 is 1.62. The number of carbonyl (C=O) groups is 1. The molecule has 0 spiro atoms. The molecule has 0 saturated carbocycles. The molecule has 1 aromatic carbocycles. The van der Waals surface area contributed by atoms with Crippen LogP contribution in [-0.4, -0.2) is 45.3 Å². The zero-order chi connectivity index (χ0) is 18.4. The van der Waals surface area contributed by atoms with Gasteiger partial charge in [-0.2, -0.15) is 5.10 Å². The zero-order valence-corrected chi connectivity index (χ0v) is 15.3. The smallest absolute Gasteiger partial charge is 0.338 e. The van der Waals surface area contributed by atoms with Gasteiger partial charge in [-0.1, -0.05) is 38.0 Å². The van der Waals surface area contributed by atoms with Gasteiger partial charge >= 0.3 is 11.7 Å². The number of benzene rings is 1. The molecule has 0 radical (unpaired) electrons. The van der Waals surface area contributed by atoms with Crippen LogP contribution in [0.1, 0.15) is 50.8 Å². The maximum Gasteiger partial charge on any atom is 0.347 e. The zero-order valence-electron chi connectivity index (χ0n) is 15.3. The van der Waals surface area contributed by atoms with Crippen LogP contribution in [-0.2, 0) is 0 Å². The second-order valence-corrected chi connectivity index (χ2v) is 6.78. The molecule has 1 saturated heterocycles. The summed E-state index contributed by atoms with van der Waals surface area (Å²) in [5, 5.41) is 9.83. The first-order chi connectivity index (χ1) is 12.7. The van der Waals surface area contributed by atoms with E-state index in [1.807, 2.05) is 35.2 Å². The summed E-state index contributed by atoms with van der Waals surface area (Å²) in [4.78, 5) is 26.5. The highest BCUT2D eigenvalue weighted by Gasteiger charge is 2.28. The van der Waals surface area contributed by atoms with Gasteiger partial charge in [-0.25, -0.2) is 19.3 Å². The first-order valence-corrected chi connectivity index (χ1v) is 9.46. The number of hydrogen-bond donors (Lipinski definition) is 2. The highest BCUT2D eigenvalue weighted by Crippen LogP contribution is 2.26. The van der Waals surface area contributed by atoms with Gasteiger partial charge in [-0.15, -0.1) is 0 Å². The summed E-state index contributed by atoms with van der Waals surface area (Å²) in [6.07, 6.45) is 5.09. The van der Waals surface area contributed by atoms with Crippen molar-refractivity contribution in [2.45, 2.75) is 44.9 Å². The molecule has 0 unspecified atom stereocenters. The first kappa shape index (κ1) is 18.2. The lowest BCUT2D eigenvalue weighted by molar-refractivity contribution is 0.178. The number of unbranched alkanes of at least 4 members (excludes halogenated alkanes) is 2. The van der Waals surface area contributed by atoms with Crippen molar-refractivity contribution in [3.05, 3.63) is 46.6 Å². The number of amides is 2. The van der Waals surface area contributed by atoms with Crippen molar-refractivity contribution in [1.29, 1.82) is 0 Å². The Morgan fingerprint density at radius 1 is 1.31 bits per heavy atom. The number of piperidine rings is 1. The van der Waals surface area contributed by atoms with E-state index in [4.69, 9.17) is 0 Å². The highest BCUT2D eigenvalue weighted by atomic mass is 16.2. The second-order valence-electron chi connectivity index (χ2n) is 6.78. The van der Waals surface area contributed by atoms with Crippen molar-refractivity contribution < 1.29 is 4.79 Å². The molecule has 1 atom stereocenters. The Kier molecular flexibility index (Phi) is 6.09. The van der Waals surface area contributed by atoms with Gasteiger partial charge in [0.05, 0.1) is 5.69 Å². The van der Waals surface area contributed by atoms with E-state index >= 15 is 0 Å². The Labute approximate surface area is 153 Å². The maximum atomic E-state index is 12.4. The molecule has 26 heavy (non-hydrogen) atoms. The minimum absolute atomic E-state index is 0.0186. The van der Waals surface area contributed by atoms with Crippen molar-refractivity contribution in [2.75, 3.05) is 19.6 Å². The van der Waals surface area contributed by atoms with E-state index in [-0.39, 0.29) is 17.6 Å². The molecule has 2 amide bonds. The van der Waals surface area contributed by atoms with Gasteiger partial charge in [-0.3, -0.25) is 0 Å². The van der Waals surface area contributed by atoms with Crippen molar-refractivity contribution >= 4 is 6.03 Å². The third-order valence-corrected chi connectivity index (χ3v) is 4.84. The van der Waals surface area contributed by atoms with E-state index in [0.29, 0.717) is 18.9 Å². The Hall–Kier alpha value is -2.57. The second kappa shape index (κ2) is 8.69. The van der Waals surface area contributed by atoms with Gasteiger partial charge in [0.25, 0.3) is 0 Å². The number of para-hydroxylation sites is 1. The van der Waals surface area contributed by atoms with Crippen molar-refractivity contribution in [3.63, 3.8) is 0 Å². The van der Waals surface area contributed by atoms with Crippen LogP contribution in [0.3, 0.4) is 0 Å². The van der Waals surface area contributed by atoms with E-state index < -0.39 is 0 Å². The van der Waals surface area contributed by atoms with Crippen LogP contribution in [0.2, 0.25) is 0 Å². The average Bonchev–Trinajstić information content (AvgIpc) is 3.07. The van der Waals surface area contributed by atoms with E-state index in [1.165, 1.54) is 0 Å². The Morgan fingerprint density at radius 3 is 2.88 bits per heavy atom. The summed E-state index contributed by atoms with van der Waals surface area (Å²) >= 11 is 0. The maximum absolute atomic E-state index is 12.4. The Balaban J connectivity index is 1.71. The fraction of sp³-hybridized carbons (Fsp3) is 0.526. The molecule has 0 bridgehead atoms. The van der Waals surface area contributed by atoms with Crippen molar-refractivity contribution in [1.82, 2.24) is 25.0 Å². The van der Waals surface area contributed by atoms with E-state index in [2.05, 4.69) is 22.4 Å². The van der Waals surface area contributed by atoms with Crippen LogP contribution in [0.4, 0.5) is 4.79 Å². The van der Waals surface area contributed by atoms with E-state index in [9.17, 15) is 9.59 Å². The molecule has 1 fully saturated rings. The van der Waals surface area contributed by atoms with Gasteiger partial charge < -0.3 is 10.2 Å². The molecular weight excluding hydrogens is 330 g/mol. The molecule has 140 valence electrons. The van der Waals surface area contributed by atoms with Crippen LogP contribution in [0, 0.1) is 0 Å². The number of H-pyrrole nitrogens is 1. The molecule has 7 nitrogen and oxygen atoms in total. The van der Waals surface area contributed by atoms with Crippen LogP contribution < -0.4 is 11.0 Å². The summed E-state index contributed by atoms with van der Waals surface area (Å²) in [6, 6.07) is 9.47. The predicted octanol–water partition coefficient (Wildman–Crippen LogP) is 2.64. The van der Waals surface area contributed by atoms with E-state index in [0.717, 1.165) is 44.3 Å². The molecule has 0 aliphatic carbocycles. The third kappa shape index (κ3) is 4.15. The molecule has 3 rings (SSSR count). The standard InChI is InChI=1S/C19H27N5O2/c1-2-3-7-12-20-18(25)23-13-8-9-15(14-23)17-21-22-19(26)24(17)16-10-5-4-6-11-16/h4-6,10-11,15H,2-3,7-9,12-14H2,1H3,(H,20,25)(H,22,26)/t15-/m0/s1. The lowest BCUT2D eigenvalue weighted by atomic mass is 9.97. The lowest BCUT2D eigenvalue weighted by Crippen LogP contribution is -2.45. The fourth-order valence-electron chi connectivity index (χ4n) is 3.46. The number of aromatic nitrogens is 3. The molecule has 1 aliphatic heterocycles. The van der Waals surface area contributed by atoms with Crippen molar-refractivity contribution in [2.24, 2.45) is 0 Å². The number of rotatable bonds is 6. The SMILES string of the molecule is CCCCCNC(=O)N1CCC[C@H](c2n[nH]c(=O)n2-c2ccccc2)C1. The quantitative estimate of drug-likeness (QED) is 0.780. The van der Waals surface area contributed by atoms with Gasteiger partial charge in [0.15, 0.2) is 0 Å². The normalized spacial score (nSPS) is 17.3. The number of hydrogen-bond acceptors (Lipinski definition) is 3. The predicted molar refractivity (Wildman–Crippen MR) is 101 cm³/mol. The molecule has 7 heteroatoms. The summed E-state index contributed by atoms with van der Waals surface area (Å²) in [5.74, 6) is 0.744. The van der Waals surface area contributed by atoms with Crippen LogP contribution in [0.15, 0.2) is 35.1 Å². The molecule has 2 heterocycles.